The summed E-state index contributed by atoms with van der Waals surface area (Å²) in [5.74, 6) is -0.503. The number of aromatic hydroxyl groups is 4. The van der Waals surface area contributed by atoms with Crippen LogP contribution in [-0.2, 0) is 0 Å². The maximum atomic E-state index is 9.81. The number of rotatable bonds is 3. The molecular formula is C14H16N2O4. The molecule has 2 rings (SSSR count). The molecule has 2 aromatic carbocycles. The maximum absolute atomic E-state index is 9.81. The zero-order chi connectivity index (χ0) is 14.9. The first-order chi connectivity index (χ1) is 9.47. The second-order valence-corrected chi connectivity index (χ2v) is 4.28. The summed E-state index contributed by atoms with van der Waals surface area (Å²) >= 11 is 0. The number of nitrogens with one attached hydrogen (secondary N) is 2. The Labute approximate surface area is 115 Å². The van der Waals surface area contributed by atoms with Crippen molar-refractivity contribution in [2.45, 2.75) is 0 Å². The average Bonchev–Trinajstić information content (AvgIpc) is 2.37. The van der Waals surface area contributed by atoms with Gasteiger partial charge in [0, 0.05) is 14.1 Å². The Bertz CT molecular complexity index is 552. The van der Waals surface area contributed by atoms with Crippen LogP contribution < -0.4 is 10.6 Å². The van der Waals surface area contributed by atoms with Crippen LogP contribution in [0.15, 0.2) is 24.3 Å². The van der Waals surface area contributed by atoms with Crippen molar-refractivity contribution in [3.8, 4) is 34.1 Å². The van der Waals surface area contributed by atoms with E-state index >= 15 is 0 Å². The molecule has 0 atom stereocenters. The van der Waals surface area contributed by atoms with E-state index in [-0.39, 0.29) is 34.4 Å². The van der Waals surface area contributed by atoms with E-state index in [2.05, 4.69) is 10.6 Å². The third kappa shape index (κ3) is 2.23. The van der Waals surface area contributed by atoms with Crippen molar-refractivity contribution in [1.29, 1.82) is 0 Å². The molecule has 0 fully saturated rings. The molecule has 6 nitrogen and oxygen atoms in total. The highest BCUT2D eigenvalue weighted by molar-refractivity contribution is 5.80. The van der Waals surface area contributed by atoms with Crippen LogP contribution >= 0.6 is 0 Å². The second-order valence-electron chi connectivity index (χ2n) is 4.28. The van der Waals surface area contributed by atoms with Gasteiger partial charge in [0.15, 0.2) is 0 Å². The number of benzene rings is 2. The maximum Gasteiger partial charge on any atom is 0.143 e. The first-order valence-electron chi connectivity index (χ1n) is 5.95. The quantitative estimate of drug-likeness (QED) is 0.480. The van der Waals surface area contributed by atoms with Crippen LogP contribution in [0.3, 0.4) is 0 Å². The molecule has 0 saturated carbocycles. The van der Waals surface area contributed by atoms with Gasteiger partial charge in [-0.05, 0) is 35.4 Å². The summed E-state index contributed by atoms with van der Waals surface area (Å²) in [6.45, 7) is 0. The van der Waals surface area contributed by atoms with E-state index in [1.54, 1.807) is 14.1 Å². The van der Waals surface area contributed by atoms with Crippen LogP contribution in [0.25, 0.3) is 11.1 Å². The molecule has 6 N–H and O–H groups in total. The molecule has 0 aliphatic carbocycles. The fourth-order valence-corrected chi connectivity index (χ4v) is 2.07. The lowest BCUT2D eigenvalue weighted by molar-refractivity contribution is 0.452. The normalized spacial score (nSPS) is 10.3. The monoisotopic (exact) mass is 276 g/mol. The van der Waals surface area contributed by atoms with Crippen LogP contribution in [-0.4, -0.2) is 34.5 Å². The van der Waals surface area contributed by atoms with Gasteiger partial charge >= 0.3 is 0 Å². The van der Waals surface area contributed by atoms with Crippen LogP contribution in [0.2, 0.25) is 0 Å². The third-order valence-electron chi connectivity index (χ3n) is 3.03. The Morgan fingerprint density at radius 3 is 1.05 bits per heavy atom. The Morgan fingerprint density at radius 2 is 0.850 bits per heavy atom. The van der Waals surface area contributed by atoms with Crippen molar-refractivity contribution >= 4 is 11.4 Å². The van der Waals surface area contributed by atoms with Crippen LogP contribution in [0.5, 0.6) is 23.0 Å². The van der Waals surface area contributed by atoms with E-state index < -0.39 is 0 Å². The van der Waals surface area contributed by atoms with E-state index in [9.17, 15) is 20.4 Å². The van der Waals surface area contributed by atoms with Crippen molar-refractivity contribution < 1.29 is 20.4 Å². The molecule has 0 saturated heterocycles. The molecule has 0 heterocycles. The van der Waals surface area contributed by atoms with Crippen LogP contribution in [0.4, 0.5) is 11.4 Å². The Morgan fingerprint density at radius 1 is 0.600 bits per heavy atom. The molecule has 20 heavy (non-hydrogen) atoms. The second kappa shape index (κ2) is 5.08. The van der Waals surface area contributed by atoms with Gasteiger partial charge in [-0.2, -0.15) is 0 Å². The van der Waals surface area contributed by atoms with Gasteiger partial charge in [-0.25, -0.2) is 0 Å². The molecule has 0 aliphatic heterocycles. The van der Waals surface area contributed by atoms with Gasteiger partial charge < -0.3 is 31.1 Å². The number of hydrogen-bond donors (Lipinski definition) is 6. The summed E-state index contributed by atoms with van der Waals surface area (Å²) in [5.41, 5.74) is 1.36. The Hall–Kier alpha value is -2.76. The van der Waals surface area contributed by atoms with Crippen molar-refractivity contribution in [2.24, 2.45) is 0 Å². The van der Waals surface area contributed by atoms with Gasteiger partial charge in [0.25, 0.3) is 0 Å². The molecule has 0 bridgehead atoms. The Balaban J connectivity index is 2.58. The number of anilines is 2. The highest BCUT2D eigenvalue weighted by Gasteiger charge is 2.13. The molecule has 2 aromatic rings. The molecule has 6 heteroatoms. The molecule has 0 unspecified atom stereocenters. The highest BCUT2D eigenvalue weighted by Crippen LogP contribution is 2.42. The molecule has 106 valence electrons. The standard InChI is InChI=1S/C14H16N2O4/c1-15-13-9(17)3-7(4-10(13)18)8-5-11(19)14(16-2)12(20)6-8/h3-6,15-20H,1-2H3. The lowest BCUT2D eigenvalue weighted by Gasteiger charge is -2.12. The zero-order valence-corrected chi connectivity index (χ0v) is 11.1. The smallest absolute Gasteiger partial charge is 0.143 e. The minimum Gasteiger partial charge on any atom is -0.506 e. The Kier molecular flexibility index (Phi) is 3.47. The lowest BCUT2D eigenvalue weighted by Crippen LogP contribution is -1.92. The van der Waals surface area contributed by atoms with Gasteiger partial charge in [0.1, 0.15) is 34.4 Å². The average molecular weight is 276 g/mol. The van der Waals surface area contributed by atoms with E-state index in [0.29, 0.717) is 11.1 Å². The van der Waals surface area contributed by atoms with E-state index in [1.807, 2.05) is 0 Å². The SMILES string of the molecule is CNc1c(O)cc(-c2cc(O)c(NC)c(O)c2)cc1O. The highest BCUT2D eigenvalue weighted by atomic mass is 16.3. The van der Waals surface area contributed by atoms with Crippen molar-refractivity contribution in [2.75, 3.05) is 24.7 Å². The summed E-state index contributed by atoms with van der Waals surface area (Å²) in [4.78, 5) is 0. The predicted molar refractivity (Wildman–Crippen MR) is 77.6 cm³/mol. The van der Waals surface area contributed by atoms with Gasteiger partial charge in [0.2, 0.25) is 0 Å². The number of hydrogen-bond acceptors (Lipinski definition) is 6. The minimum absolute atomic E-state index is 0.126. The van der Waals surface area contributed by atoms with Crippen molar-refractivity contribution in [3.05, 3.63) is 24.3 Å². The van der Waals surface area contributed by atoms with Gasteiger partial charge in [-0.15, -0.1) is 0 Å². The molecule has 0 spiro atoms. The first kappa shape index (κ1) is 13.7. The summed E-state index contributed by atoms with van der Waals surface area (Å²) in [6, 6.07) is 5.72. The molecule has 0 radical (unpaired) electrons. The zero-order valence-electron chi connectivity index (χ0n) is 11.1. The van der Waals surface area contributed by atoms with Gasteiger partial charge in [-0.1, -0.05) is 0 Å². The lowest BCUT2D eigenvalue weighted by atomic mass is 10.0. The van der Waals surface area contributed by atoms with E-state index in [0.717, 1.165) is 0 Å². The molecular weight excluding hydrogens is 260 g/mol. The number of phenolic OH excluding ortho intramolecular Hbond substituents is 4. The van der Waals surface area contributed by atoms with Crippen LogP contribution in [0, 0.1) is 0 Å². The first-order valence-corrected chi connectivity index (χ1v) is 5.95. The van der Waals surface area contributed by atoms with E-state index in [1.165, 1.54) is 24.3 Å². The molecule has 0 amide bonds. The number of phenols is 4. The summed E-state index contributed by atoms with van der Waals surface area (Å²) in [5, 5.41) is 44.6. The largest absolute Gasteiger partial charge is 0.506 e. The summed E-state index contributed by atoms with van der Waals surface area (Å²) in [6.07, 6.45) is 0. The van der Waals surface area contributed by atoms with Gasteiger partial charge in [0.05, 0.1) is 0 Å². The fourth-order valence-electron chi connectivity index (χ4n) is 2.07. The van der Waals surface area contributed by atoms with E-state index in [4.69, 9.17) is 0 Å². The fraction of sp³-hybridized carbons (Fsp3) is 0.143. The van der Waals surface area contributed by atoms with Gasteiger partial charge in [-0.3, -0.25) is 0 Å². The summed E-state index contributed by atoms with van der Waals surface area (Å²) < 4.78 is 0. The predicted octanol–water partition coefficient (Wildman–Crippen LogP) is 2.26. The van der Waals surface area contributed by atoms with Crippen LogP contribution in [0.1, 0.15) is 0 Å². The topological polar surface area (TPSA) is 105 Å². The summed E-state index contributed by atoms with van der Waals surface area (Å²) in [7, 11) is 3.15. The minimum atomic E-state index is -0.126. The third-order valence-corrected chi connectivity index (χ3v) is 3.03. The van der Waals surface area contributed by atoms with Crippen molar-refractivity contribution in [1.82, 2.24) is 0 Å². The molecule has 0 aliphatic rings. The molecule has 0 aromatic heterocycles. The van der Waals surface area contributed by atoms with Crippen molar-refractivity contribution in [3.63, 3.8) is 0 Å².